The Kier molecular flexibility index (Phi) is 4.27. The fourth-order valence-electron chi connectivity index (χ4n) is 3.33. The number of hydrogen-bond acceptors (Lipinski definition) is 4. The maximum absolute atomic E-state index is 12.8. The van der Waals surface area contributed by atoms with Crippen LogP contribution in [0.5, 0.6) is 5.75 Å². The number of hydrogen-bond donors (Lipinski definition) is 3. The summed E-state index contributed by atoms with van der Waals surface area (Å²) in [6, 6.07) is 12.3. The Bertz CT molecular complexity index is 937. The van der Waals surface area contributed by atoms with E-state index in [2.05, 4.69) is 15.7 Å². The maximum Gasteiger partial charge on any atom is 0.319 e. The third kappa shape index (κ3) is 3.36. The molecule has 0 aliphatic carbocycles. The summed E-state index contributed by atoms with van der Waals surface area (Å²) >= 11 is 0. The van der Waals surface area contributed by atoms with E-state index in [1.807, 2.05) is 25.1 Å². The number of amides is 3. The summed E-state index contributed by atoms with van der Waals surface area (Å²) < 4.78 is 0. The minimum absolute atomic E-state index is 0.0671. The summed E-state index contributed by atoms with van der Waals surface area (Å²) in [4.78, 5) is 24.2. The van der Waals surface area contributed by atoms with Crippen molar-refractivity contribution in [1.82, 2.24) is 10.3 Å². The van der Waals surface area contributed by atoms with Crippen molar-refractivity contribution in [2.75, 3.05) is 11.9 Å². The van der Waals surface area contributed by atoms with Crippen molar-refractivity contribution in [3.05, 3.63) is 59.2 Å². The van der Waals surface area contributed by atoms with Gasteiger partial charge in [-0.1, -0.05) is 18.2 Å². The van der Waals surface area contributed by atoms with E-state index >= 15 is 0 Å². The van der Waals surface area contributed by atoms with E-state index in [4.69, 9.17) is 0 Å². The summed E-state index contributed by atoms with van der Waals surface area (Å²) in [5, 5.41) is 21.0. The molecule has 0 spiro atoms. The molecule has 0 bridgehead atoms. The largest absolute Gasteiger partial charge is 0.508 e. The molecule has 138 valence electrons. The molecule has 0 saturated carbocycles. The normalized spacial score (nSPS) is 16.9. The SMILES string of the molecule is CC(C(=O)N1CCC(c2ccc3c(c2)CNC(=O)N3)=N1)c1ccc(O)cc1. The lowest BCUT2D eigenvalue weighted by Crippen LogP contribution is -2.33. The topological polar surface area (TPSA) is 94.0 Å². The van der Waals surface area contributed by atoms with E-state index in [0.29, 0.717) is 19.5 Å². The summed E-state index contributed by atoms with van der Waals surface area (Å²) in [6.07, 6.45) is 0.687. The van der Waals surface area contributed by atoms with Gasteiger partial charge in [0.25, 0.3) is 0 Å². The Balaban J connectivity index is 1.52. The monoisotopic (exact) mass is 364 g/mol. The summed E-state index contributed by atoms with van der Waals surface area (Å²) in [5.41, 5.74) is 4.46. The van der Waals surface area contributed by atoms with Gasteiger partial charge in [0.2, 0.25) is 5.91 Å². The lowest BCUT2D eigenvalue weighted by molar-refractivity contribution is -0.131. The van der Waals surface area contributed by atoms with Gasteiger partial charge in [0.05, 0.1) is 18.2 Å². The quantitative estimate of drug-likeness (QED) is 0.782. The maximum atomic E-state index is 12.8. The third-order valence-corrected chi connectivity index (χ3v) is 4.95. The van der Waals surface area contributed by atoms with E-state index in [9.17, 15) is 14.7 Å². The average molecular weight is 364 g/mol. The van der Waals surface area contributed by atoms with Gasteiger partial charge in [0.15, 0.2) is 0 Å². The first-order chi connectivity index (χ1) is 13.0. The molecule has 7 nitrogen and oxygen atoms in total. The van der Waals surface area contributed by atoms with E-state index in [1.54, 1.807) is 24.3 Å². The molecule has 1 unspecified atom stereocenters. The molecule has 1 atom stereocenters. The van der Waals surface area contributed by atoms with Crippen molar-refractivity contribution < 1.29 is 14.7 Å². The van der Waals surface area contributed by atoms with Crippen LogP contribution in [0, 0.1) is 0 Å². The average Bonchev–Trinajstić information content (AvgIpc) is 3.17. The van der Waals surface area contributed by atoms with Gasteiger partial charge in [-0.15, -0.1) is 0 Å². The zero-order valence-corrected chi connectivity index (χ0v) is 14.9. The van der Waals surface area contributed by atoms with Crippen LogP contribution in [0.15, 0.2) is 47.6 Å². The zero-order valence-electron chi connectivity index (χ0n) is 14.9. The Morgan fingerprint density at radius 3 is 2.78 bits per heavy atom. The van der Waals surface area contributed by atoms with Crippen molar-refractivity contribution >= 4 is 23.3 Å². The van der Waals surface area contributed by atoms with Crippen molar-refractivity contribution in [1.29, 1.82) is 0 Å². The Labute approximate surface area is 156 Å². The van der Waals surface area contributed by atoms with Crippen LogP contribution in [-0.2, 0) is 11.3 Å². The van der Waals surface area contributed by atoms with Crippen LogP contribution < -0.4 is 10.6 Å². The predicted octanol–water partition coefficient (Wildman–Crippen LogP) is 2.77. The molecule has 2 aromatic rings. The minimum Gasteiger partial charge on any atom is -0.508 e. The van der Waals surface area contributed by atoms with Gasteiger partial charge in [-0.25, -0.2) is 9.80 Å². The summed E-state index contributed by atoms with van der Waals surface area (Å²) in [5.74, 6) is -0.225. The number of phenolic OH excluding ortho intramolecular Hbond substituents is 1. The van der Waals surface area contributed by atoms with Crippen molar-refractivity contribution in [3.8, 4) is 5.75 Å². The van der Waals surface area contributed by atoms with Crippen LogP contribution in [0.25, 0.3) is 0 Å². The fraction of sp³-hybridized carbons (Fsp3) is 0.250. The van der Waals surface area contributed by atoms with Crippen molar-refractivity contribution in [2.24, 2.45) is 5.10 Å². The van der Waals surface area contributed by atoms with Gasteiger partial charge < -0.3 is 15.7 Å². The molecule has 3 N–H and O–H groups in total. The number of phenols is 1. The number of nitrogens with one attached hydrogen (secondary N) is 2. The van der Waals surface area contributed by atoms with Gasteiger partial charge in [-0.3, -0.25) is 4.79 Å². The van der Waals surface area contributed by atoms with E-state index in [1.165, 1.54) is 5.01 Å². The molecule has 0 saturated heterocycles. The number of benzene rings is 2. The van der Waals surface area contributed by atoms with Gasteiger partial charge in [0.1, 0.15) is 5.75 Å². The number of rotatable bonds is 3. The highest BCUT2D eigenvalue weighted by atomic mass is 16.3. The number of hydrazone groups is 1. The van der Waals surface area contributed by atoms with Crippen LogP contribution in [0.1, 0.15) is 36.0 Å². The molecule has 0 fully saturated rings. The lowest BCUT2D eigenvalue weighted by atomic mass is 10.00. The molecule has 27 heavy (non-hydrogen) atoms. The van der Waals surface area contributed by atoms with Gasteiger partial charge in [-0.2, -0.15) is 5.10 Å². The molecular weight excluding hydrogens is 344 g/mol. The highest BCUT2D eigenvalue weighted by Crippen LogP contribution is 2.26. The van der Waals surface area contributed by atoms with Crippen LogP contribution >= 0.6 is 0 Å². The molecule has 2 aliphatic heterocycles. The van der Waals surface area contributed by atoms with Crippen LogP contribution in [0.4, 0.5) is 10.5 Å². The predicted molar refractivity (Wildman–Crippen MR) is 102 cm³/mol. The Hall–Kier alpha value is -3.35. The van der Waals surface area contributed by atoms with E-state index in [0.717, 1.165) is 28.1 Å². The first-order valence-electron chi connectivity index (χ1n) is 8.87. The second-order valence-electron chi connectivity index (χ2n) is 6.75. The number of aromatic hydroxyl groups is 1. The summed E-state index contributed by atoms with van der Waals surface area (Å²) in [6.45, 7) is 2.86. The Morgan fingerprint density at radius 2 is 2.00 bits per heavy atom. The summed E-state index contributed by atoms with van der Waals surface area (Å²) in [7, 11) is 0. The second-order valence-corrected chi connectivity index (χ2v) is 6.75. The van der Waals surface area contributed by atoms with Crippen molar-refractivity contribution in [3.63, 3.8) is 0 Å². The molecule has 2 aromatic carbocycles. The molecule has 0 aromatic heterocycles. The Morgan fingerprint density at radius 1 is 1.22 bits per heavy atom. The highest BCUT2D eigenvalue weighted by Gasteiger charge is 2.27. The molecule has 4 rings (SSSR count). The molecular formula is C20H20N4O3. The van der Waals surface area contributed by atoms with Crippen molar-refractivity contribution in [2.45, 2.75) is 25.8 Å². The lowest BCUT2D eigenvalue weighted by Gasteiger charge is -2.19. The second kappa shape index (κ2) is 6.75. The van der Waals surface area contributed by atoms with Crippen LogP contribution in [0.2, 0.25) is 0 Å². The number of urea groups is 1. The minimum atomic E-state index is -0.336. The molecule has 3 amide bonds. The third-order valence-electron chi connectivity index (χ3n) is 4.95. The highest BCUT2D eigenvalue weighted by molar-refractivity contribution is 6.04. The first kappa shape index (κ1) is 17.1. The van der Waals surface area contributed by atoms with Crippen LogP contribution in [-0.4, -0.2) is 34.3 Å². The first-order valence-corrected chi connectivity index (χ1v) is 8.87. The van der Waals surface area contributed by atoms with E-state index < -0.39 is 0 Å². The van der Waals surface area contributed by atoms with E-state index in [-0.39, 0.29) is 23.6 Å². The van der Waals surface area contributed by atoms with Gasteiger partial charge >= 0.3 is 6.03 Å². The number of anilines is 1. The number of fused-ring (bicyclic) bond motifs is 1. The molecule has 0 radical (unpaired) electrons. The standard InChI is InChI=1S/C20H20N4O3/c1-12(13-2-5-16(25)6-3-13)19(26)24-9-8-18(23-24)14-4-7-17-15(10-14)11-21-20(27)22-17/h2-7,10,12,25H,8-9,11H2,1H3,(H2,21,22,27). The number of carbonyl (C=O) groups is 2. The smallest absolute Gasteiger partial charge is 0.319 e. The molecule has 7 heteroatoms. The number of nitrogens with zero attached hydrogens (tertiary/aromatic N) is 2. The molecule has 2 aliphatic rings. The van der Waals surface area contributed by atoms with Gasteiger partial charge in [-0.05, 0) is 47.9 Å². The van der Waals surface area contributed by atoms with Crippen LogP contribution in [0.3, 0.4) is 0 Å². The van der Waals surface area contributed by atoms with Gasteiger partial charge in [0, 0.05) is 18.7 Å². The zero-order chi connectivity index (χ0) is 19.0. The molecule has 2 heterocycles. The fourth-order valence-corrected chi connectivity index (χ4v) is 3.33. The number of carbonyl (C=O) groups excluding carboxylic acids is 2.